The third-order valence-electron chi connectivity index (χ3n) is 4.22. The highest BCUT2D eigenvalue weighted by Crippen LogP contribution is 2.34. The second-order valence-corrected chi connectivity index (χ2v) is 6.59. The van der Waals surface area contributed by atoms with Crippen LogP contribution < -0.4 is 15.8 Å². The molecular weight excluding hydrogens is 393 g/mol. The van der Waals surface area contributed by atoms with E-state index in [9.17, 15) is 14.9 Å². The summed E-state index contributed by atoms with van der Waals surface area (Å²) in [4.78, 5) is 22.8. The molecule has 1 unspecified atom stereocenters. The molecule has 1 atom stereocenters. The van der Waals surface area contributed by atoms with Crippen molar-refractivity contribution in [2.75, 3.05) is 6.54 Å². The Morgan fingerprint density at radius 2 is 1.96 bits per heavy atom. The van der Waals surface area contributed by atoms with Crippen molar-refractivity contribution in [3.8, 4) is 11.5 Å². The van der Waals surface area contributed by atoms with Gasteiger partial charge in [-0.25, -0.2) is 0 Å². The van der Waals surface area contributed by atoms with Crippen molar-refractivity contribution in [1.82, 2.24) is 5.32 Å². The van der Waals surface area contributed by atoms with Crippen molar-refractivity contribution in [3.63, 3.8) is 0 Å². The molecule has 3 rings (SSSR count). The zero-order valence-electron chi connectivity index (χ0n) is 14.3. The minimum atomic E-state index is -0.562. The maximum absolute atomic E-state index is 12.3. The van der Waals surface area contributed by atoms with Crippen LogP contribution in [0.2, 0.25) is 5.02 Å². The fourth-order valence-electron chi connectivity index (χ4n) is 2.64. The molecule has 1 fully saturated rings. The van der Waals surface area contributed by atoms with Gasteiger partial charge in [0.05, 0.1) is 4.92 Å². The molecule has 0 aromatic heterocycles. The molecule has 27 heavy (non-hydrogen) atoms. The minimum absolute atomic E-state index is 0. The van der Waals surface area contributed by atoms with Gasteiger partial charge in [-0.3, -0.25) is 14.9 Å². The Morgan fingerprint density at radius 1 is 1.30 bits per heavy atom. The number of nitrogens with one attached hydrogen (secondary N) is 1. The Bertz CT molecular complexity index is 826. The maximum Gasteiger partial charge on any atom is 0.313 e. The molecule has 0 aliphatic heterocycles. The Hall–Kier alpha value is -2.35. The molecule has 0 bridgehead atoms. The van der Waals surface area contributed by atoms with Crippen LogP contribution in [0.5, 0.6) is 11.5 Å². The summed E-state index contributed by atoms with van der Waals surface area (Å²) in [6.07, 6.45) is 2.18. The highest BCUT2D eigenvalue weighted by atomic mass is 35.5. The molecule has 7 nitrogen and oxygen atoms in total. The first kappa shape index (κ1) is 21.0. The van der Waals surface area contributed by atoms with Crippen LogP contribution in [0.4, 0.5) is 5.69 Å². The summed E-state index contributed by atoms with van der Waals surface area (Å²) in [7, 11) is 0. The molecule has 2 aromatic carbocycles. The minimum Gasteiger partial charge on any atom is -0.450 e. The normalized spacial score (nSPS) is 14.0. The fourth-order valence-corrected chi connectivity index (χ4v) is 2.81. The van der Waals surface area contributed by atoms with Crippen molar-refractivity contribution in [1.29, 1.82) is 0 Å². The van der Waals surface area contributed by atoms with Gasteiger partial charge in [-0.2, -0.15) is 0 Å². The Kier molecular flexibility index (Phi) is 7.01. The predicted octanol–water partition coefficient (Wildman–Crippen LogP) is 3.93. The lowest BCUT2D eigenvalue weighted by Gasteiger charge is -2.16. The molecule has 9 heteroatoms. The van der Waals surface area contributed by atoms with E-state index in [1.54, 1.807) is 24.3 Å². The second-order valence-electron chi connectivity index (χ2n) is 6.15. The summed E-state index contributed by atoms with van der Waals surface area (Å²) >= 11 is 5.79. The zero-order chi connectivity index (χ0) is 18.7. The van der Waals surface area contributed by atoms with Crippen LogP contribution in [-0.2, 0) is 0 Å². The third-order valence-corrected chi connectivity index (χ3v) is 4.46. The van der Waals surface area contributed by atoms with E-state index in [-0.39, 0.29) is 40.8 Å². The molecule has 0 saturated heterocycles. The van der Waals surface area contributed by atoms with Crippen LogP contribution in [0.3, 0.4) is 0 Å². The first-order valence-electron chi connectivity index (χ1n) is 8.20. The number of nitro benzene ring substituents is 1. The van der Waals surface area contributed by atoms with Gasteiger partial charge in [-0.15, -0.1) is 12.4 Å². The SMILES string of the molecule is Cl.NCC(NC(=O)c1ccc(Oc2ccc(Cl)cc2[N+](=O)[O-])cc1)C1CC1. The van der Waals surface area contributed by atoms with Crippen LogP contribution in [0.1, 0.15) is 23.2 Å². The fraction of sp³-hybridized carbons (Fsp3) is 0.278. The lowest BCUT2D eigenvalue weighted by Crippen LogP contribution is -2.41. The van der Waals surface area contributed by atoms with Gasteiger partial charge in [-0.05, 0) is 55.2 Å². The highest BCUT2D eigenvalue weighted by molar-refractivity contribution is 6.30. The first-order valence-corrected chi connectivity index (χ1v) is 8.58. The van der Waals surface area contributed by atoms with Crippen molar-refractivity contribution in [3.05, 3.63) is 63.2 Å². The molecule has 2 aromatic rings. The molecular formula is C18H19Cl2N3O4. The van der Waals surface area contributed by atoms with Gasteiger partial charge >= 0.3 is 5.69 Å². The van der Waals surface area contributed by atoms with E-state index in [1.165, 1.54) is 18.2 Å². The monoisotopic (exact) mass is 411 g/mol. The largest absolute Gasteiger partial charge is 0.450 e. The summed E-state index contributed by atoms with van der Waals surface area (Å²) < 4.78 is 5.56. The van der Waals surface area contributed by atoms with E-state index in [0.29, 0.717) is 23.8 Å². The summed E-state index contributed by atoms with van der Waals surface area (Å²) in [6, 6.07) is 10.5. The summed E-state index contributed by atoms with van der Waals surface area (Å²) in [5.74, 6) is 0.728. The summed E-state index contributed by atoms with van der Waals surface area (Å²) in [6.45, 7) is 0.415. The number of nitrogens with two attached hydrogens (primary N) is 1. The second kappa shape index (κ2) is 9.03. The Balaban J connectivity index is 0.00000261. The van der Waals surface area contributed by atoms with Gasteiger partial charge in [0.1, 0.15) is 5.75 Å². The molecule has 1 aliphatic rings. The molecule has 1 aliphatic carbocycles. The molecule has 0 heterocycles. The molecule has 3 N–H and O–H groups in total. The quantitative estimate of drug-likeness (QED) is 0.529. The van der Waals surface area contributed by atoms with Crippen molar-refractivity contribution in [2.24, 2.45) is 11.7 Å². The topological polar surface area (TPSA) is 107 Å². The van der Waals surface area contributed by atoms with Crippen molar-refractivity contribution >= 4 is 35.6 Å². The number of rotatable bonds is 7. The van der Waals surface area contributed by atoms with Crippen LogP contribution in [0.25, 0.3) is 0 Å². The lowest BCUT2D eigenvalue weighted by atomic mass is 10.1. The molecule has 1 amide bonds. The number of halogens is 2. The number of amides is 1. The van der Waals surface area contributed by atoms with Crippen LogP contribution in [0, 0.1) is 16.0 Å². The van der Waals surface area contributed by atoms with E-state index in [4.69, 9.17) is 22.1 Å². The average molecular weight is 412 g/mol. The van der Waals surface area contributed by atoms with Crippen LogP contribution in [-0.4, -0.2) is 23.4 Å². The third kappa shape index (κ3) is 5.32. The van der Waals surface area contributed by atoms with Gasteiger partial charge in [0.25, 0.3) is 5.91 Å². The number of carbonyl (C=O) groups is 1. The van der Waals surface area contributed by atoms with E-state index in [1.807, 2.05) is 0 Å². The lowest BCUT2D eigenvalue weighted by molar-refractivity contribution is -0.385. The van der Waals surface area contributed by atoms with Gasteiger partial charge in [0.2, 0.25) is 5.75 Å². The zero-order valence-corrected chi connectivity index (χ0v) is 15.8. The smallest absolute Gasteiger partial charge is 0.313 e. The molecule has 0 radical (unpaired) electrons. The Morgan fingerprint density at radius 3 is 2.52 bits per heavy atom. The molecule has 1 saturated carbocycles. The predicted molar refractivity (Wildman–Crippen MR) is 105 cm³/mol. The molecule has 144 valence electrons. The van der Waals surface area contributed by atoms with E-state index in [2.05, 4.69) is 5.32 Å². The van der Waals surface area contributed by atoms with Gasteiger partial charge in [0.15, 0.2) is 0 Å². The number of hydrogen-bond donors (Lipinski definition) is 2. The van der Waals surface area contributed by atoms with Gasteiger partial charge < -0.3 is 15.8 Å². The molecule has 0 spiro atoms. The van der Waals surface area contributed by atoms with Crippen molar-refractivity contribution < 1.29 is 14.5 Å². The summed E-state index contributed by atoms with van der Waals surface area (Å²) in [5.41, 5.74) is 5.95. The van der Waals surface area contributed by atoms with Crippen LogP contribution in [0.15, 0.2) is 42.5 Å². The number of carbonyl (C=O) groups excluding carboxylic acids is 1. The van der Waals surface area contributed by atoms with Gasteiger partial charge in [0, 0.05) is 29.2 Å². The van der Waals surface area contributed by atoms with E-state index >= 15 is 0 Å². The number of nitro groups is 1. The Labute approximate surface area is 167 Å². The van der Waals surface area contributed by atoms with Crippen LogP contribution >= 0.6 is 24.0 Å². The number of hydrogen-bond acceptors (Lipinski definition) is 5. The highest BCUT2D eigenvalue weighted by Gasteiger charge is 2.31. The van der Waals surface area contributed by atoms with Crippen molar-refractivity contribution in [2.45, 2.75) is 18.9 Å². The standard InChI is InChI=1S/C18H18ClN3O4.ClH/c19-13-5-8-17(16(9-13)22(24)25)26-14-6-3-12(4-7-14)18(23)21-15(10-20)11-1-2-11;/h3-9,11,15H,1-2,10,20H2,(H,21,23);1H. The number of benzene rings is 2. The number of nitrogens with zero attached hydrogens (tertiary/aromatic N) is 1. The van der Waals surface area contributed by atoms with Gasteiger partial charge in [-0.1, -0.05) is 11.6 Å². The maximum atomic E-state index is 12.3. The van der Waals surface area contributed by atoms with E-state index < -0.39 is 4.92 Å². The summed E-state index contributed by atoms with van der Waals surface area (Å²) in [5, 5.41) is 14.3. The average Bonchev–Trinajstić information content (AvgIpc) is 3.46. The van der Waals surface area contributed by atoms with E-state index in [0.717, 1.165) is 12.8 Å². The first-order chi connectivity index (χ1) is 12.5. The number of ether oxygens (including phenoxy) is 1.